The Hall–Kier alpha value is -1.07. The molecule has 1 aliphatic rings. The second kappa shape index (κ2) is 6.39. The molecule has 1 unspecified atom stereocenters. The number of hydrogen-bond acceptors (Lipinski definition) is 3. The Balaban J connectivity index is 1.90. The molecular weight excluding hydrogens is 308 g/mol. The van der Waals surface area contributed by atoms with E-state index in [1.54, 1.807) is 6.07 Å². The molecule has 4 nitrogen and oxygen atoms in total. The van der Waals surface area contributed by atoms with E-state index in [2.05, 4.69) is 21.2 Å². The molecule has 1 aliphatic heterocycles. The van der Waals surface area contributed by atoms with Crippen LogP contribution in [-0.4, -0.2) is 35.0 Å². The highest BCUT2D eigenvalue weighted by Gasteiger charge is 2.22. The minimum atomic E-state index is -0.225. The lowest BCUT2D eigenvalue weighted by atomic mass is 10.2. The maximum atomic E-state index is 12.1. The lowest BCUT2D eigenvalue weighted by Gasteiger charge is -2.21. The Kier molecular flexibility index (Phi) is 4.82. The molecule has 0 bridgehead atoms. The quantitative estimate of drug-likeness (QED) is 0.892. The first-order valence-corrected chi connectivity index (χ1v) is 7.37. The van der Waals surface area contributed by atoms with Gasteiger partial charge in [-0.3, -0.25) is 4.79 Å². The van der Waals surface area contributed by atoms with Crippen molar-refractivity contribution in [2.24, 2.45) is 0 Å². The molecule has 1 heterocycles. The van der Waals surface area contributed by atoms with Crippen LogP contribution in [0.2, 0.25) is 0 Å². The van der Waals surface area contributed by atoms with E-state index < -0.39 is 0 Å². The van der Waals surface area contributed by atoms with Gasteiger partial charge in [-0.15, -0.1) is 0 Å². The van der Waals surface area contributed by atoms with Crippen LogP contribution in [0.25, 0.3) is 0 Å². The number of hydrogen-bond donors (Lipinski definition) is 2. The summed E-state index contributed by atoms with van der Waals surface area (Å²) < 4.78 is 0.672. The Labute approximate surface area is 121 Å². The number of phenols is 1. The summed E-state index contributed by atoms with van der Waals surface area (Å²) in [6, 6.07) is 5.28. The lowest BCUT2D eigenvalue weighted by Crippen LogP contribution is -2.43. The Bertz CT molecular complexity index is 459. The molecular formula is C14H19BrN2O2. The Morgan fingerprint density at radius 1 is 1.47 bits per heavy atom. The van der Waals surface area contributed by atoms with Gasteiger partial charge in [0, 0.05) is 25.2 Å². The second-order valence-electron chi connectivity index (χ2n) is 4.88. The second-order valence-corrected chi connectivity index (χ2v) is 5.74. The number of amides is 1. The first-order chi connectivity index (χ1) is 9.09. The van der Waals surface area contributed by atoms with Crippen LogP contribution in [0.4, 0.5) is 0 Å². The summed E-state index contributed by atoms with van der Waals surface area (Å²) in [6.07, 6.45) is 2.20. The number of halogens is 1. The van der Waals surface area contributed by atoms with E-state index in [1.807, 2.05) is 24.0 Å². The zero-order chi connectivity index (χ0) is 13.8. The molecule has 2 N–H and O–H groups in total. The van der Waals surface area contributed by atoms with Crippen molar-refractivity contribution < 1.29 is 9.90 Å². The fourth-order valence-electron chi connectivity index (χ4n) is 2.26. The van der Waals surface area contributed by atoms with Crippen molar-refractivity contribution in [1.82, 2.24) is 10.2 Å². The zero-order valence-corrected chi connectivity index (χ0v) is 12.6. The van der Waals surface area contributed by atoms with E-state index >= 15 is 0 Å². The van der Waals surface area contributed by atoms with Gasteiger partial charge in [0.2, 0.25) is 5.91 Å². The topological polar surface area (TPSA) is 52.6 Å². The SMILES string of the molecule is CC(NCc1cccc(Br)c1O)C(=O)N1CCCC1. The standard InChI is InChI=1S/C14H19BrN2O2/c1-10(14(19)17-7-2-3-8-17)16-9-11-5-4-6-12(15)13(11)18/h4-6,10,16,18H,2-3,7-9H2,1H3. The predicted octanol–water partition coefficient (Wildman–Crippen LogP) is 2.26. The minimum Gasteiger partial charge on any atom is -0.506 e. The highest BCUT2D eigenvalue weighted by Crippen LogP contribution is 2.27. The Morgan fingerprint density at radius 3 is 2.84 bits per heavy atom. The highest BCUT2D eigenvalue weighted by molar-refractivity contribution is 9.10. The van der Waals surface area contributed by atoms with Gasteiger partial charge in [-0.25, -0.2) is 0 Å². The largest absolute Gasteiger partial charge is 0.506 e. The summed E-state index contributed by atoms with van der Waals surface area (Å²) in [5, 5.41) is 13.0. The molecule has 0 aromatic heterocycles. The van der Waals surface area contributed by atoms with Gasteiger partial charge in [0.25, 0.3) is 0 Å². The van der Waals surface area contributed by atoms with Gasteiger partial charge in [0.1, 0.15) is 5.75 Å². The normalized spacial score (nSPS) is 16.6. The van der Waals surface area contributed by atoms with Crippen molar-refractivity contribution in [2.75, 3.05) is 13.1 Å². The first-order valence-electron chi connectivity index (χ1n) is 6.58. The van der Waals surface area contributed by atoms with Gasteiger partial charge < -0.3 is 15.3 Å². The highest BCUT2D eigenvalue weighted by atomic mass is 79.9. The van der Waals surface area contributed by atoms with E-state index in [4.69, 9.17) is 0 Å². The molecule has 0 radical (unpaired) electrons. The van der Waals surface area contributed by atoms with Crippen LogP contribution >= 0.6 is 15.9 Å². The molecule has 1 amide bonds. The summed E-state index contributed by atoms with van der Waals surface area (Å²) in [5.41, 5.74) is 0.787. The van der Waals surface area contributed by atoms with Gasteiger partial charge in [-0.1, -0.05) is 12.1 Å². The number of rotatable bonds is 4. The third kappa shape index (κ3) is 3.48. The van der Waals surface area contributed by atoms with Gasteiger partial charge >= 0.3 is 0 Å². The maximum Gasteiger partial charge on any atom is 0.239 e. The van der Waals surface area contributed by atoms with E-state index in [9.17, 15) is 9.90 Å². The van der Waals surface area contributed by atoms with Crippen LogP contribution < -0.4 is 5.32 Å². The van der Waals surface area contributed by atoms with Crippen LogP contribution in [0.15, 0.2) is 22.7 Å². The van der Waals surface area contributed by atoms with Crippen molar-refractivity contribution >= 4 is 21.8 Å². The van der Waals surface area contributed by atoms with E-state index in [0.717, 1.165) is 31.5 Å². The van der Waals surface area contributed by atoms with Crippen molar-refractivity contribution in [3.63, 3.8) is 0 Å². The van der Waals surface area contributed by atoms with Crippen molar-refractivity contribution in [2.45, 2.75) is 32.4 Å². The summed E-state index contributed by atoms with van der Waals surface area (Å²) in [5.74, 6) is 0.378. The van der Waals surface area contributed by atoms with Crippen LogP contribution in [0.1, 0.15) is 25.3 Å². The van der Waals surface area contributed by atoms with Crippen LogP contribution in [0.5, 0.6) is 5.75 Å². The van der Waals surface area contributed by atoms with Crippen LogP contribution in [0.3, 0.4) is 0 Å². The molecule has 0 spiro atoms. The van der Waals surface area contributed by atoms with E-state index in [-0.39, 0.29) is 17.7 Å². The minimum absolute atomic E-state index is 0.145. The molecule has 1 aromatic carbocycles. The molecule has 0 saturated carbocycles. The number of likely N-dealkylation sites (tertiary alicyclic amines) is 1. The summed E-state index contributed by atoms with van der Waals surface area (Å²) in [6.45, 7) is 4.09. The average molecular weight is 327 g/mol. The summed E-state index contributed by atoms with van der Waals surface area (Å²) >= 11 is 3.28. The first kappa shape index (κ1) is 14.3. The van der Waals surface area contributed by atoms with Gasteiger partial charge in [0.15, 0.2) is 0 Å². The van der Waals surface area contributed by atoms with Gasteiger partial charge in [0.05, 0.1) is 10.5 Å². The number of carbonyl (C=O) groups is 1. The fourth-order valence-corrected chi connectivity index (χ4v) is 2.67. The molecule has 104 valence electrons. The van der Waals surface area contributed by atoms with E-state index in [0.29, 0.717) is 11.0 Å². The van der Waals surface area contributed by atoms with Crippen LogP contribution in [0, 0.1) is 0 Å². The predicted molar refractivity (Wildman–Crippen MR) is 77.9 cm³/mol. The summed E-state index contributed by atoms with van der Waals surface area (Å²) in [4.78, 5) is 14.0. The van der Waals surface area contributed by atoms with Crippen LogP contribution in [-0.2, 0) is 11.3 Å². The molecule has 1 aromatic rings. The number of benzene rings is 1. The number of nitrogens with one attached hydrogen (secondary N) is 1. The number of carbonyl (C=O) groups excluding carboxylic acids is 1. The van der Waals surface area contributed by atoms with Crippen molar-refractivity contribution in [1.29, 1.82) is 0 Å². The average Bonchev–Trinajstić information content (AvgIpc) is 2.93. The van der Waals surface area contributed by atoms with Gasteiger partial charge in [-0.05, 0) is 41.8 Å². The number of phenolic OH excluding ortho intramolecular Hbond substituents is 1. The molecule has 5 heteroatoms. The molecule has 1 fully saturated rings. The summed E-state index contributed by atoms with van der Waals surface area (Å²) in [7, 11) is 0. The number of aromatic hydroxyl groups is 1. The smallest absolute Gasteiger partial charge is 0.239 e. The molecule has 2 rings (SSSR count). The van der Waals surface area contributed by atoms with Crippen molar-refractivity contribution in [3.05, 3.63) is 28.2 Å². The third-order valence-electron chi connectivity index (χ3n) is 3.46. The molecule has 1 atom stereocenters. The third-order valence-corrected chi connectivity index (χ3v) is 4.10. The van der Waals surface area contributed by atoms with E-state index in [1.165, 1.54) is 0 Å². The van der Waals surface area contributed by atoms with Crippen molar-refractivity contribution in [3.8, 4) is 5.75 Å². The number of nitrogens with zero attached hydrogens (tertiary/aromatic N) is 1. The lowest BCUT2D eigenvalue weighted by molar-refractivity contribution is -0.131. The molecule has 1 saturated heterocycles. The zero-order valence-electron chi connectivity index (χ0n) is 11.0. The monoisotopic (exact) mass is 326 g/mol. The number of para-hydroxylation sites is 1. The Morgan fingerprint density at radius 2 is 2.16 bits per heavy atom. The fraction of sp³-hybridized carbons (Fsp3) is 0.500. The van der Waals surface area contributed by atoms with Gasteiger partial charge in [-0.2, -0.15) is 0 Å². The molecule has 0 aliphatic carbocycles. The maximum absolute atomic E-state index is 12.1. The molecule has 19 heavy (non-hydrogen) atoms.